The number of hydrogen-bond donors (Lipinski definition) is 2. The van der Waals surface area contributed by atoms with Crippen LogP contribution in [0.2, 0.25) is 0 Å². The van der Waals surface area contributed by atoms with E-state index in [4.69, 9.17) is 4.74 Å². The van der Waals surface area contributed by atoms with Crippen molar-refractivity contribution in [2.75, 3.05) is 18.0 Å². The zero-order valence-electron chi connectivity index (χ0n) is 22.7. The number of rotatable bonds is 10. The number of carbonyl (C=O) groups is 3. The molecular formula is C29H37N3O6S. The van der Waals surface area contributed by atoms with Crippen molar-refractivity contribution in [3.63, 3.8) is 0 Å². The number of anilines is 1. The Bertz CT molecular complexity index is 1290. The van der Waals surface area contributed by atoms with Crippen molar-refractivity contribution in [2.24, 2.45) is 5.41 Å². The van der Waals surface area contributed by atoms with E-state index in [0.717, 1.165) is 30.0 Å². The molecule has 1 heterocycles. The molecule has 2 aliphatic rings. The number of benzene rings is 2. The maximum atomic E-state index is 13.4. The minimum absolute atomic E-state index is 0.0288. The summed E-state index contributed by atoms with van der Waals surface area (Å²) < 4.78 is 32.5. The molecule has 39 heavy (non-hydrogen) atoms. The Balaban J connectivity index is 1.49. The summed E-state index contributed by atoms with van der Waals surface area (Å²) in [6, 6.07) is 12.8. The molecule has 210 valence electrons. The summed E-state index contributed by atoms with van der Waals surface area (Å²) in [5.74, 6) is -1.01. The smallest absolute Gasteiger partial charge is 0.264 e. The van der Waals surface area contributed by atoms with Crippen LogP contribution in [-0.4, -0.2) is 57.9 Å². The fourth-order valence-electron chi connectivity index (χ4n) is 5.45. The van der Waals surface area contributed by atoms with Crippen LogP contribution in [-0.2, 0) is 24.3 Å². The average Bonchev–Trinajstić information content (AvgIpc) is 3.53. The van der Waals surface area contributed by atoms with E-state index < -0.39 is 33.9 Å². The molecule has 2 N–H and O–H groups in total. The number of hydrogen-bond acceptors (Lipinski definition) is 6. The van der Waals surface area contributed by atoms with Gasteiger partial charge in [-0.15, -0.1) is 0 Å². The molecule has 0 spiro atoms. The summed E-state index contributed by atoms with van der Waals surface area (Å²) in [5, 5.41) is 5.71. The maximum absolute atomic E-state index is 13.4. The van der Waals surface area contributed by atoms with Gasteiger partial charge < -0.3 is 15.4 Å². The largest absolute Gasteiger partial charge is 0.368 e. The van der Waals surface area contributed by atoms with Crippen molar-refractivity contribution in [2.45, 2.75) is 75.5 Å². The van der Waals surface area contributed by atoms with Crippen LogP contribution in [0.1, 0.15) is 62.7 Å². The molecular weight excluding hydrogens is 518 g/mol. The lowest BCUT2D eigenvalue weighted by Crippen LogP contribution is -2.54. The van der Waals surface area contributed by atoms with Gasteiger partial charge in [-0.05, 0) is 67.5 Å². The minimum Gasteiger partial charge on any atom is -0.368 e. The summed E-state index contributed by atoms with van der Waals surface area (Å²) in [5.41, 5.74) is 0.604. The number of Topliss-reactive ketones (excluding diaryl/α,β-unsaturated/α-hetero) is 1. The maximum Gasteiger partial charge on any atom is 0.264 e. The van der Waals surface area contributed by atoms with Crippen molar-refractivity contribution >= 4 is 33.3 Å². The highest BCUT2D eigenvalue weighted by Gasteiger charge is 2.40. The molecule has 4 rings (SSSR count). The molecule has 2 aromatic carbocycles. The molecule has 2 aromatic rings. The summed E-state index contributed by atoms with van der Waals surface area (Å²) in [6.45, 7) is 4.00. The van der Waals surface area contributed by atoms with Gasteiger partial charge in [0.1, 0.15) is 18.7 Å². The SMILES string of the molecule is CC[C@@H]1OCC(=O)C1NC(=O)[C@H](CC1(C)CCCC1)NC(=O)c1ccc(N(C)S(=O)(=O)c2ccccc2)cc1. The number of sulfonamides is 1. The quantitative estimate of drug-likeness (QED) is 0.463. The second kappa shape index (κ2) is 11.9. The van der Waals surface area contributed by atoms with Gasteiger partial charge >= 0.3 is 0 Å². The van der Waals surface area contributed by atoms with E-state index in [1.54, 1.807) is 30.3 Å². The number of carbonyl (C=O) groups excluding carboxylic acids is 3. The molecule has 3 atom stereocenters. The molecule has 1 aliphatic heterocycles. The number of ether oxygens (including phenoxy) is 1. The lowest BCUT2D eigenvalue weighted by molar-refractivity contribution is -0.128. The molecule has 1 saturated heterocycles. The molecule has 1 saturated carbocycles. The van der Waals surface area contributed by atoms with E-state index in [1.165, 1.54) is 31.3 Å². The van der Waals surface area contributed by atoms with Gasteiger partial charge in [0.2, 0.25) is 5.91 Å². The zero-order valence-corrected chi connectivity index (χ0v) is 23.5. The third-order valence-electron chi connectivity index (χ3n) is 7.88. The monoisotopic (exact) mass is 555 g/mol. The van der Waals surface area contributed by atoms with E-state index in [0.29, 0.717) is 24.1 Å². The van der Waals surface area contributed by atoms with E-state index >= 15 is 0 Å². The van der Waals surface area contributed by atoms with Gasteiger partial charge in [0.25, 0.3) is 15.9 Å². The van der Waals surface area contributed by atoms with Gasteiger partial charge in [0, 0.05) is 12.6 Å². The normalized spacial score (nSPS) is 21.4. The van der Waals surface area contributed by atoms with E-state index in [-0.39, 0.29) is 28.8 Å². The first-order chi connectivity index (χ1) is 18.5. The lowest BCUT2D eigenvalue weighted by Gasteiger charge is -2.30. The predicted molar refractivity (Wildman–Crippen MR) is 148 cm³/mol. The van der Waals surface area contributed by atoms with Gasteiger partial charge in [-0.25, -0.2) is 8.42 Å². The van der Waals surface area contributed by atoms with Crippen molar-refractivity contribution in [1.82, 2.24) is 10.6 Å². The molecule has 2 fully saturated rings. The van der Waals surface area contributed by atoms with Crippen molar-refractivity contribution in [1.29, 1.82) is 0 Å². The Morgan fingerprint density at radius 2 is 1.72 bits per heavy atom. The fraction of sp³-hybridized carbons (Fsp3) is 0.483. The number of nitrogens with zero attached hydrogens (tertiary/aromatic N) is 1. The zero-order chi connectivity index (χ0) is 28.2. The molecule has 9 nitrogen and oxygen atoms in total. The number of nitrogens with one attached hydrogen (secondary N) is 2. The topological polar surface area (TPSA) is 122 Å². The second-order valence-electron chi connectivity index (χ2n) is 10.8. The Morgan fingerprint density at radius 3 is 2.33 bits per heavy atom. The second-order valence-corrected chi connectivity index (χ2v) is 12.8. The highest BCUT2D eigenvalue weighted by Crippen LogP contribution is 2.41. The molecule has 0 bridgehead atoms. The first kappa shape index (κ1) is 28.8. The third kappa shape index (κ3) is 6.50. The van der Waals surface area contributed by atoms with Crippen LogP contribution >= 0.6 is 0 Å². The summed E-state index contributed by atoms with van der Waals surface area (Å²) >= 11 is 0. The van der Waals surface area contributed by atoms with Gasteiger partial charge in [-0.3, -0.25) is 18.7 Å². The van der Waals surface area contributed by atoms with Crippen LogP contribution in [0.15, 0.2) is 59.5 Å². The first-order valence-corrected chi connectivity index (χ1v) is 14.9. The van der Waals surface area contributed by atoms with Gasteiger partial charge in [0.05, 0.1) is 16.7 Å². The molecule has 0 aromatic heterocycles. The Morgan fingerprint density at radius 1 is 1.08 bits per heavy atom. The number of ketones is 1. The van der Waals surface area contributed by atoms with Crippen molar-refractivity contribution < 1.29 is 27.5 Å². The third-order valence-corrected chi connectivity index (χ3v) is 9.68. The molecule has 0 radical (unpaired) electrons. The van der Waals surface area contributed by atoms with Crippen molar-refractivity contribution in [3.05, 3.63) is 60.2 Å². The molecule has 10 heteroatoms. The van der Waals surface area contributed by atoms with Crippen LogP contribution in [0.25, 0.3) is 0 Å². The molecule has 2 amide bonds. The van der Waals surface area contributed by atoms with Gasteiger partial charge in [-0.1, -0.05) is 44.9 Å². The predicted octanol–water partition coefficient (Wildman–Crippen LogP) is 3.44. The Kier molecular flexibility index (Phi) is 8.76. The van der Waals surface area contributed by atoms with E-state index in [2.05, 4.69) is 17.6 Å². The van der Waals surface area contributed by atoms with Crippen molar-refractivity contribution in [3.8, 4) is 0 Å². The first-order valence-electron chi connectivity index (χ1n) is 13.4. The van der Waals surface area contributed by atoms with Crippen LogP contribution in [0.5, 0.6) is 0 Å². The highest BCUT2D eigenvalue weighted by molar-refractivity contribution is 7.92. The van der Waals surface area contributed by atoms with Crippen LogP contribution < -0.4 is 14.9 Å². The summed E-state index contributed by atoms with van der Waals surface area (Å²) in [6.07, 6.45) is 4.75. The molecule has 1 unspecified atom stereocenters. The number of amides is 2. The summed E-state index contributed by atoms with van der Waals surface area (Å²) in [7, 11) is -2.30. The highest BCUT2D eigenvalue weighted by atomic mass is 32.2. The van der Waals surface area contributed by atoms with E-state index in [9.17, 15) is 22.8 Å². The van der Waals surface area contributed by atoms with Crippen LogP contribution in [0, 0.1) is 5.41 Å². The van der Waals surface area contributed by atoms with Gasteiger partial charge in [-0.2, -0.15) is 0 Å². The molecule has 1 aliphatic carbocycles. The fourth-order valence-corrected chi connectivity index (χ4v) is 6.67. The van der Waals surface area contributed by atoms with Gasteiger partial charge in [0.15, 0.2) is 5.78 Å². The van der Waals surface area contributed by atoms with Crippen LogP contribution in [0.3, 0.4) is 0 Å². The van der Waals surface area contributed by atoms with E-state index in [1.807, 2.05) is 6.92 Å². The minimum atomic E-state index is -3.76. The lowest BCUT2D eigenvalue weighted by atomic mass is 9.81. The average molecular weight is 556 g/mol. The Labute approximate surface area is 230 Å². The van der Waals surface area contributed by atoms with Crippen LogP contribution in [0.4, 0.5) is 5.69 Å². The summed E-state index contributed by atoms with van der Waals surface area (Å²) in [4.78, 5) is 39.1. The Hall–Kier alpha value is -3.24. The standard InChI is InChI=1S/C29H37N3O6S/c1-4-25-26(24(33)19-38-25)31-28(35)23(18-29(2)16-8-9-17-29)30-27(34)20-12-14-21(15-13-20)32(3)39(36,37)22-10-6-5-7-11-22/h5-7,10-15,23,25-26H,4,8-9,16-19H2,1-3H3,(H,30,34)(H,31,35)/t23-,25-,26?/m0/s1.